The highest BCUT2D eigenvalue weighted by molar-refractivity contribution is 6.32. The summed E-state index contributed by atoms with van der Waals surface area (Å²) in [6.07, 6.45) is 8.67. The van der Waals surface area contributed by atoms with Crippen molar-refractivity contribution in [1.29, 1.82) is 5.26 Å². The molecule has 0 unspecified atom stereocenters. The summed E-state index contributed by atoms with van der Waals surface area (Å²) in [7, 11) is 0. The van der Waals surface area contributed by atoms with Gasteiger partial charge in [-0.25, -0.2) is 8.78 Å². The van der Waals surface area contributed by atoms with E-state index in [0.717, 1.165) is 77.7 Å². The van der Waals surface area contributed by atoms with Gasteiger partial charge >= 0.3 is 0 Å². The second-order valence-corrected chi connectivity index (χ2v) is 14.8. The zero-order valence-electron chi connectivity index (χ0n) is 29.9. The summed E-state index contributed by atoms with van der Waals surface area (Å²) in [5, 5.41) is 23.9. The van der Waals surface area contributed by atoms with Crippen LogP contribution in [0.25, 0.3) is 11.1 Å². The summed E-state index contributed by atoms with van der Waals surface area (Å²) >= 11 is 6.92. The van der Waals surface area contributed by atoms with Gasteiger partial charge in [0, 0.05) is 48.7 Å². The third-order valence-corrected chi connectivity index (χ3v) is 10.9. The van der Waals surface area contributed by atoms with Crippen molar-refractivity contribution < 1.29 is 28.1 Å². The summed E-state index contributed by atoms with van der Waals surface area (Å²) in [5.41, 5.74) is 7.66. The molecule has 278 valence electrons. The van der Waals surface area contributed by atoms with Gasteiger partial charge in [0.2, 0.25) is 0 Å². The number of benzene rings is 3. The first-order chi connectivity index (χ1) is 25.7. The summed E-state index contributed by atoms with van der Waals surface area (Å²) in [6.45, 7) is 3.44. The Balaban J connectivity index is 1.07. The fraction of sp³-hybridized carbons (Fsp3) is 0.429. The molecule has 0 spiro atoms. The van der Waals surface area contributed by atoms with Crippen LogP contribution in [0.1, 0.15) is 78.0 Å². The van der Waals surface area contributed by atoms with Crippen molar-refractivity contribution in [3.8, 4) is 34.4 Å². The number of ether oxygens (including phenoxy) is 3. The molecule has 1 saturated carbocycles. The molecule has 2 N–H and O–H groups in total. The van der Waals surface area contributed by atoms with E-state index in [1.54, 1.807) is 17.2 Å². The number of pyridine rings is 1. The summed E-state index contributed by atoms with van der Waals surface area (Å²) in [5.74, 6) is -0.638. The number of hydrogen-bond donors (Lipinski definition) is 2. The van der Waals surface area contributed by atoms with Gasteiger partial charge in [0.1, 0.15) is 36.0 Å². The van der Waals surface area contributed by atoms with E-state index in [1.807, 2.05) is 24.3 Å². The lowest BCUT2D eigenvalue weighted by Crippen LogP contribution is -2.56. The highest BCUT2D eigenvalue weighted by Crippen LogP contribution is 2.44. The Morgan fingerprint density at radius 2 is 1.81 bits per heavy atom. The normalized spacial score (nSPS) is 20.6. The Labute approximate surface area is 314 Å². The topological polar surface area (TPSA) is 99.9 Å². The summed E-state index contributed by atoms with van der Waals surface area (Å²) < 4.78 is 45.5. The molecule has 1 aliphatic heterocycles. The molecule has 11 heteroatoms. The molecule has 0 radical (unpaired) electrons. The van der Waals surface area contributed by atoms with Crippen LogP contribution >= 0.6 is 11.6 Å². The molecule has 1 saturated heterocycles. The summed E-state index contributed by atoms with van der Waals surface area (Å²) in [4.78, 5) is 5.92. The first-order valence-electron chi connectivity index (χ1n) is 18.5. The molecule has 0 amide bonds. The molecule has 3 atom stereocenters. The number of nitriles is 1. The van der Waals surface area contributed by atoms with E-state index in [9.17, 15) is 19.1 Å². The molecule has 3 aliphatic rings. The highest BCUT2D eigenvalue weighted by atomic mass is 35.5. The number of hydrogen-bond acceptors (Lipinski definition) is 8. The maximum absolute atomic E-state index is 13.2. The monoisotopic (exact) mass is 742 g/mol. The van der Waals surface area contributed by atoms with Gasteiger partial charge in [-0.1, -0.05) is 54.8 Å². The van der Waals surface area contributed by atoms with Crippen molar-refractivity contribution >= 4 is 11.6 Å². The van der Waals surface area contributed by atoms with Crippen LogP contribution in [0.2, 0.25) is 5.02 Å². The third kappa shape index (κ3) is 8.76. The van der Waals surface area contributed by atoms with E-state index < -0.39 is 12.0 Å². The molecule has 53 heavy (non-hydrogen) atoms. The highest BCUT2D eigenvalue weighted by Gasteiger charge is 2.43. The lowest BCUT2D eigenvalue weighted by atomic mass is 9.92. The Morgan fingerprint density at radius 3 is 2.62 bits per heavy atom. The maximum atomic E-state index is 13.2. The Morgan fingerprint density at radius 1 is 1.00 bits per heavy atom. The molecule has 7 rings (SSSR count). The number of fused-ring (bicyclic) bond motifs is 1. The van der Waals surface area contributed by atoms with E-state index in [2.05, 4.69) is 47.6 Å². The number of alkyl halides is 2. The number of aliphatic hydroxyl groups is 1. The minimum atomic E-state index is -2.55. The fourth-order valence-corrected chi connectivity index (χ4v) is 7.99. The lowest BCUT2D eigenvalue weighted by Gasteiger charge is -2.38. The van der Waals surface area contributed by atoms with E-state index >= 15 is 0 Å². The molecule has 2 aliphatic carbocycles. The third-order valence-electron chi connectivity index (χ3n) is 10.6. The van der Waals surface area contributed by atoms with Crippen LogP contribution in [-0.4, -0.2) is 59.3 Å². The predicted molar refractivity (Wildman–Crippen MR) is 200 cm³/mol. The van der Waals surface area contributed by atoms with E-state index in [0.29, 0.717) is 48.2 Å². The quantitative estimate of drug-likeness (QED) is 0.125. The van der Waals surface area contributed by atoms with E-state index in [4.69, 9.17) is 25.8 Å². The second kappa shape index (κ2) is 16.4. The standard InChI is InChI=1S/C42H45ClF2N4O4/c1-27-31(7-5-12-38(27)51-16-6-15-49-25-42(44,45)26-49)32-8-4-9-34-33(32)13-14-39(34)53-41-19-40(52-24-29-17-28(20-46)21-47-22-29)30(18-35(41)43)23-48-36-10-2-3-11-37(36)50/h4-5,7-9,12,17-19,21-22,36-37,39,48,50H,2-3,6,10-11,13-16,23-26H2,1H3/t36-,37+,39+/m1/s1. The zero-order chi connectivity index (χ0) is 37.0. The van der Waals surface area contributed by atoms with Crippen LogP contribution < -0.4 is 19.5 Å². The van der Waals surface area contributed by atoms with Gasteiger partial charge in [-0.3, -0.25) is 9.88 Å². The number of nitrogens with one attached hydrogen (secondary N) is 1. The van der Waals surface area contributed by atoms with Gasteiger partial charge in [0.15, 0.2) is 0 Å². The van der Waals surface area contributed by atoms with Crippen molar-refractivity contribution in [2.75, 3.05) is 26.2 Å². The van der Waals surface area contributed by atoms with Crippen LogP contribution in [0, 0.1) is 18.3 Å². The van der Waals surface area contributed by atoms with Gasteiger partial charge in [0.25, 0.3) is 5.92 Å². The van der Waals surface area contributed by atoms with Gasteiger partial charge in [-0.2, -0.15) is 5.26 Å². The van der Waals surface area contributed by atoms with E-state index in [1.165, 1.54) is 11.8 Å². The number of aromatic nitrogens is 1. The molecular formula is C42H45ClF2N4O4. The molecule has 4 aromatic rings. The molecule has 8 nitrogen and oxygen atoms in total. The van der Waals surface area contributed by atoms with Gasteiger partial charge in [0.05, 0.1) is 36.4 Å². The lowest BCUT2D eigenvalue weighted by molar-refractivity contribution is -0.130. The average Bonchev–Trinajstić information content (AvgIpc) is 3.56. The van der Waals surface area contributed by atoms with Crippen molar-refractivity contribution in [2.24, 2.45) is 0 Å². The van der Waals surface area contributed by atoms with Crippen LogP contribution in [0.3, 0.4) is 0 Å². The van der Waals surface area contributed by atoms with Crippen molar-refractivity contribution in [2.45, 2.75) is 89.2 Å². The van der Waals surface area contributed by atoms with Crippen molar-refractivity contribution in [1.82, 2.24) is 15.2 Å². The van der Waals surface area contributed by atoms with Gasteiger partial charge < -0.3 is 24.6 Å². The first kappa shape index (κ1) is 37.1. The largest absolute Gasteiger partial charge is 0.493 e. The number of likely N-dealkylation sites (tertiary alicyclic amines) is 1. The zero-order valence-corrected chi connectivity index (χ0v) is 30.7. The number of rotatable bonds is 14. The predicted octanol–water partition coefficient (Wildman–Crippen LogP) is 8.34. The minimum absolute atomic E-state index is 0.00335. The Kier molecular flexibility index (Phi) is 11.5. The SMILES string of the molecule is Cc1c(OCCCN2CC(F)(F)C2)cccc1-c1cccc2c1CC[C@@H]2Oc1cc(OCc2cncc(C#N)c2)c(CN[C@@H]2CCCC[C@@H]2O)cc1Cl. The van der Waals surface area contributed by atoms with Crippen LogP contribution in [0.4, 0.5) is 8.78 Å². The minimum Gasteiger partial charge on any atom is -0.493 e. The van der Waals surface area contributed by atoms with Crippen molar-refractivity contribution in [3.63, 3.8) is 0 Å². The summed E-state index contributed by atoms with van der Waals surface area (Å²) in [6, 6.07) is 20.0. The number of nitrogens with zero attached hydrogens (tertiary/aromatic N) is 3. The van der Waals surface area contributed by atoms with E-state index in [-0.39, 0.29) is 31.8 Å². The molecule has 2 heterocycles. The first-order valence-corrected chi connectivity index (χ1v) is 18.9. The molecule has 1 aromatic heterocycles. The molecule has 0 bridgehead atoms. The van der Waals surface area contributed by atoms with Crippen LogP contribution in [-0.2, 0) is 19.6 Å². The fourth-order valence-electron chi connectivity index (χ4n) is 7.76. The molecule has 3 aromatic carbocycles. The van der Waals surface area contributed by atoms with Gasteiger partial charge in [-0.15, -0.1) is 0 Å². The second-order valence-electron chi connectivity index (χ2n) is 14.4. The van der Waals surface area contributed by atoms with Gasteiger partial charge in [-0.05, 0) is 85.0 Å². The maximum Gasteiger partial charge on any atom is 0.272 e. The smallest absolute Gasteiger partial charge is 0.272 e. The molecule has 2 fully saturated rings. The number of aliphatic hydroxyl groups excluding tert-OH is 1. The Bertz CT molecular complexity index is 1960. The molecular weight excluding hydrogens is 698 g/mol. The Hall–Kier alpha value is -4.27. The van der Waals surface area contributed by atoms with Crippen LogP contribution in [0.15, 0.2) is 67.0 Å². The number of halogens is 3. The van der Waals surface area contributed by atoms with Crippen LogP contribution in [0.5, 0.6) is 17.2 Å². The van der Waals surface area contributed by atoms with Crippen molar-refractivity contribution in [3.05, 3.63) is 105 Å². The average molecular weight is 743 g/mol.